The summed E-state index contributed by atoms with van der Waals surface area (Å²) in [5, 5.41) is 0. The Hall–Kier alpha value is -1.11. The minimum absolute atomic E-state index is 0.898. The van der Waals surface area contributed by atoms with E-state index in [1.807, 2.05) is 0 Å². The van der Waals surface area contributed by atoms with E-state index in [-0.39, 0.29) is 0 Å². The fourth-order valence-electron chi connectivity index (χ4n) is 2.36. The molecule has 0 amide bonds. The summed E-state index contributed by atoms with van der Waals surface area (Å²) < 4.78 is 0. The van der Waals surface area contributed by atoms with Crippen LogP contribution < -0.4 is 0 Å². The number of carbonyl (C=O) groups excluding carboxylic acids is 1. The Bertz CT molecular complexity index is 366. The van der Waals surface area contributed by atoms with Crippen molar-refractivity contribution < 1.29 is 4.79 Å². The predicted molar refractivity (Wildman–Crippen MR) is 73.8 cm³/mol. The van der Waals surface area contributed by atoms with Gasteiger partial charge in [0.25, 0.3) is 0 Å². The van der Waals surface area contributed by atoms with Gasteiger partial charge in [-0.2, -0.15) is 0 Å². The Kier molecular flexibility index (Phi) is 5.96. The first-order valence-electron chi connectivity index (χ1n) is 6.86. The Labute approximate surface area is 105 Å². The molecule has 0 N–H and O–H groups in total. The number of carbonyl (C=O) groups is 1. The lowest BCUT2D eigenvalue weighted by Gasteiger charge is -2.13. The van der Waals surface area contributed by atoms with Gasteiger partial charge in [0.1, 0.15) is 6.29 Å². The van der Waals surface area contributed by atoms with Crippen LogP contribution in [0.15, 0.2) is 12.1 Å². The van der Waals surface area contributed by atoms with Gasteiger partial charge in [0.15, 0.2) is 0 Å². The van der Waals surface area contributed by atoms with E-state index in [9.17, 15) is 4.79 Å². The van der Waals surface area contributed by atoms with Gasteiger partial charge in [0.2, 0.25) is 0 Å². The highest BCUT2D eigenvalue weighted by molar-refractivity contribution is 5.78. The number of benzene rings is 1. The maximum atomic E-state index is 11.1. The molecule has 0 atom stereocenters. The van der Waals surface area contributed by atoms with E-state index < -0.39 is 0 Å². The van der Waals surface area contributed by atoms with E-state index >= 15 is 0 Å². The van der Waals surface area contributed by atoms with Crippen molar-refractivity contribution >= 4 is 6.29 Å². The normalized spacial score (nSPS) is 10.5. The number of aryl methyl sites for hydroxylation is 3. The van der Waals surface area contributed by atoms with Crippen LogP contribution in [0, 0.1) is 0 Å². The monoisotopic (exact) mass is 232 g/mol. The summed E-state index contributed by atoms with van der Waals surface area (Å²) in [6.45, 7) is 6.56. The molecule has 17 heavy (non-hydrogen) atoms. The summed E-state index contributed by atoms with van der Waals surface area (Å²) in [5.74, 6) is 0. The van der Waals surface area contributed by atoms with Crippen LogP contribution in [0.5, 0.6) is 0 Å². The van der Waals surface area contributed by atoms with E-state index in [1.165, 1.54) is 23.1 Å². The second-order valence-electron chi connectivity index (χ2n) is 4.69. The quantitative estimate of drug-likeness (QED) is 0.638. The maximum absolute atomic E-state index is 11.1. The molecule has 1 aromatic carbocycles. The van der Waals surface area contributed by atoms with Gasteiger partial charge < -0.3 is 0 Å². The second kappa shape index (κ2) is 7.26. The molecule has 0 saturated carbocycles. The SMILES string of the molecule is CCCc1cc(CCC)c(CCC)cc1C=O. The first-order valence-corrected chi connectivity index (χ1v) is 6.86. The van der Waals surface area contributed by atoms with Gasteiger partial charge in [-0.1, -0.05) is 46.1 Å². The molecular weight excluding hydrogens is 208 g/mol. The fourth-order valence-corrected chi connectivity index (χ4v) is 2.36. The largest absolute Gasteiger partial charge is 0.298 e. The zero-order valence-corrected chi connectivity index (χ0v) is 11.4. The molecule has 0 aliphatic carbocycles. The van der Waals surface area contributed by atoms with Crippen LogP contribution in [0.4, 0.5) is 0 Å². The molecule has 1 rings (SSSR count). The molecule has 0 saturated heterocycles. The van der Waals surface area contributed by atoms with Gasteiger partial charge in [-0.15, -0.1) is 0 Å². The molecule has 1 nitrogen and oxygen atoms in total. The van der Waals surface area contributed by atoms with Crippen LogP contribution in [-0.2, 0) is 19.3 Å². The first-order chi connectivity index (χ1) is 8.26. The molecule has 1 heteroatoms. The fraction of sp³-hybridized carbons (Fsp3) is 0.562. The van der Waals surface area contributed by atoms with Crippen molar-refractivity contribution in [1.29, 1.82) is 0 Å². The molecule has 0 spiro atoms. The molecule has 1 aromatic rings. The molecule has 0 heterocycles. The molecule has 94 valence electrons. The lowest BCUT2D eigenvalue weighted by atomic mass is 9.92. The van der Waals surface area contributed by atoms with Gasteiger partial charge in [-0.25, -0.2) is 0 Å². The van der Waals surface area contributed by atoms with Crippen molar-refractivity contribution in [2.45, 2.75) is 59.3 Å². The van der Waals surface area contributed by atoms with Crippen molar-refractivity contribution in [2.24, 2.45) is 0 Å². The summed E-state index contributed by atoms with van der Waals surface area (Å²) in [6, 6.07) is 4.38. The van der Waals surface area contributed by atoms with Crippen molar-refractivity contribution in [3.8, 4) is 0 Å². The molecule has 0 aliphatic heterocycles. The van der Waals surface area contributed by atoms with Crippen LogP contribution in [-0.4, -0.2) is 6.29 Å². The lowest BCUT2D eigenvalue weighted by Crippen LogP contribution is -2.01. The van der Waals surface area contributed by atoms with E-state index in [2.05, 4.69) is 32.9 Å². The summed E-state index contributed by atoms with van der Waals surface area (Å²) in [5.41, 5.74) is 4.95. The highest BCUT2D eigenvalue weighted by atomic mass is 16.1. The van der Waals surface area contributed by atoms with Gasteiger partial charge in [-0.05, 0) is 42.0 Å². The topological polar surface area (TPSA) is 17.1 Å². The standard InChI is InChI=1S/C16H24O/c1-4-7-13-10-15(9-6-3)16(12-17)11-14(13)8-5-2/h10-12H,4-9H2,1-3H3. The molecule has 0 aliphatic rings. The summed E-state index contributed by atoms with van der Waals surface area (Å²) >= 11 is 0. The highest BCUT2D eigenvalue weighted by Crippen LogP contribution is 2.20. The third-order valence-corrected chi connectivity index (χ3v) is 3.15. The van der Waals surface area contributed by atoms with Crippen molar-refractivity contribution in [3.63, 3.8) is 0 Å². The van der Waals surface area contributed by atoms with Crippen LogP contribution in [0.2, 0.25) is 0 Å². The average molecular weight is 232 g/mol. The molecule has 0 fully saturated rings. The molecule has 0 unspecified atom stereocenters. The first kappa shape index (κ1) is 14.0. The van der Waals surface area contributed by atoms with Crippen molar-refractivity contribution in [3.05, 3.63) is 34.4 Å². The molecule has 0 radical (unpaired) electrons. The Morgan fingerprint density at radius 1 is 0.824 bits per heavy atom. The zero-order valence-electron chi connectivity index (χ0n) is 11.4. The Balaban J connectivity index is 3.15. The highest BCUT2D eigenvalue weighted by Gasteiger charge is 2.08. The Morgan fingerprint density at radius 2 is 1.29 bits per heavy atom. The van der Waals surface area contributed by atoms with Crippen LogP contribution in [0.25, 0.3) is 0 Å². The van der Waals surface area contributed by atoms with Crippen molar-refractivity contribution in [2.75, 3.05) is 0 Å². The van der Waals surface area contributed by atoms with E-state index in [1.54, 1.807) is 0 Å². The van der Waals surface area contributed by atoms with Gasteiger partial charge in [0, 0.05) is 5.56 Å². The van der Waals surface area contributed by atoms with Crippen LogP contribution in [0.3, 0.4) is 0 Å². The van der Waals surface area contributed by atoms with Crippen molar-refractivity contribution in [1.82, 2.24) is 0 Å². The minimum Gasteiger partial charge on any atom is -0.298 e. The van der Waals surface area contributed by atoms with Gasteiger partial charge >= 0.3 is 0 Å². The molecule has 0 bridgehead atoms. The zero-order chi connectivity index (χ0) is 12.7. The number of hydrogen-bond donors (Lipinski definition) is 0. The van der Waals surface area contributed by atoms with E-state index in [0.717, 1.165) is 44.0 Å². The Morgan fingerprint density at radius 3 is 1.76 bits per heavy atom. The molecular formula is C16H24O. The number of hydrogen-bond acceptors (Lipinski definition) is 1. The number of aldehydes is 1. The van der Waals surface area contributed by atoms with Gasteiger partial charge in [0.05, 0.1) is 0 Å². The third-order valence-electron chi connectivity index (χ3n) is 3.15. The summed E-state index contributed by atoms with van der Waals surface area (Å²) in [6.07, 6.45) is 7.65. The van der Waals surface area contributed by atoms with Crippen LogP contribution >= 0.6 is 0 Å². The lowest BCUT2D eigenvalue weighted by molar-refractivity contribution is 0.112. The average Bonchev–Trinajstić information content (AvgIpc) is 2.33. The second-order valence-corrected chi connectivity index (χ2v) is 4.69. The predicted octanol–water partition coefficient (Wildman–Crippen LogP) is 4.36. The minimum atomic E-state index is 0.898. The third kappa shape index (κ3) is 3.69. The molecule has 0 aromatic heterocycles. The van der Waals surface area contributed by atoms with E-state index in [0.29, 0.717) is 0 Å². The maximum Gasteiger partial charge on any atom is 0.150 e. The smallest absolute Gasteiger partial charge is 0.150 e. The van der Waals surface area contributed by atoms with Crippen LogP contribution in [0.1, 0.15) is 67.1 Å². The summed E-state index contributed by atoms with van der Waals surface area (Å²) in [4.78, 5) is 11.1. The number of rotatable bonds is 7. The van der Waals surface area contributed by atoms with Gasteiger partial charge in [-0.3, -0.25) is 4.79 Å². The summed E-state index contributed by atoms with van der Waals surface area (Å²) in [7, 11) is 0. The van der Waals surface area contributed by atoms with E-state index in [4.69, 9.17) is 0 Å².